The second-order valence-corrected chi connectivity index (χ2v) is 5.57. The van der Waals surface area contributed by atoms with E-state index in [9.17, 15) is 5.11 Å². The van der Waals surface area contributed by atoms with Crippen molar-refractivity contribution in [3.05, 3.63) is 29.3 Å². The minimum Gasteiger partial charge on any atom is -0.496 e. The Morgan fingerprint density at radius 2 is 1.81 bits per heavy atom. The van der Waals surface area contributed by atoms with Crippen LogP contribution < -0.4 is 4.74 Å². The van der Waals surface area contributed by atoms with Gasteiger partial charge in [0.15, 0.2) is 0 Å². The van der Waals surface area contributed by atoms with Crippen LogP contribution in [0.2, 0.25) is 0 Å². The molecule has 3 heteroatoms. The monoisotopic (exact) mass is 294 g/mol. The van der Waals surface area contributed by atoms with Crippen molar-refractivity contribution in [3.8, 4) is 5.75 Å². The Hall–Kier alpha value is -1.06. The smallest absolute Gasteiger partial charge is 0.124 e. The second kappa shape index (κ2) is 10.6. The molecule has 0 fully saturated rings. The van der Waals surface area contributed by atoms with Crippen molar-refractivity contribution in [3.63, 3.8) is 0 Å². The number of aliphatic hydroxyl groups excluding tert-OH is 1. The van der Waals surface area contributed by atoms with Crippen LogP contribution in [0.1, 0.15) is 69.6 Å². The molecule has 1 rings (SSSR count). The molecule has 0 heterocycles. The van der Waals surface area contributed by atoms with Crippen LogP contribution in [-0.2, 0) is 11.3 Å². The van der Waals surface area contributed by atoms with Gasteiger partial charge in [0.05, 0.1) is 19.8 Å². The third-order valence-electron chi connectivity index (χ3n) is 3.69. The summed E-state index contributed by atoms with van der Waals surface area (Å²) in [7, 11) is 1.66. The molecule has 120 valence electrons. The van der Waals surface area contributed by atoms with Gasteiger partial charge in [-0.1, -0.05) is 45.1 Å². The van der Waals surface area contributed by atoms with Gasteiger partial charge in [-0.25, -0.2) is 0 Å². The molecule has 21 heavy (non-hydrogen) atoms. The summed E-state index contributed by atoms with van der Waals surface area (Å²) in [6.45, 7) is 5.33. The van der Waals surface area contributed by atoms with Crippen molar-refractivity contribution < 1.29 is 14.6 Å². The van der Waals surface area contributed by atoms with Gasteiger partial charge in [0.25, 0.3) is 0 Å². The van der Waals surface area contributed by atoms with Crippen molar-refractivity contribution in [2.75, 3.05) is 13.7 Å². The molecule has 0 spiro atoms. The zero-order valence-corrected chi connectivity index (χ0v) is 13.7. The molecule has 0 aliphatic rings. The van der Waals surface area contributed by atoms with Gasteiger partial charge in [-0.2, -0.15) is 0 Å². The first-order valence-corrected chi connectivity index (χ1v) is 8.11. The van der Waals surface area contributed by atoms with Crippen LogP contribution in [0.15, 0.2) is 18.2 Å². The Kier molecular flexibility index (Phi) is 9.11. The Balaban J connectivity index is 2.32. The fourth-order valence-electron chi connectivity index (χ4n) is 2.34. The Morgan fingerprint density at radius 3 is 2.48 bits per heavy atom. The predicted molar refractivity (Wildman–Crippen MR) is 86.7 cm³/mol. The quantitative estimate of drug-likeness (QED) is 0.605. The third-order valence-corrected chi connectivity index (χ3v) is 3.69. The largest absolute Gasteiger partial charge is 0.496 e. The molecule has 1 atom stereocenters. The number of unbranched alkanes of at least 4 members (excludes halogenated alkanes) is 5. The van der Waals surface area contributed by atoms with E-state index in [2.05, 4.69) is 6.92 Å². The first-order chi connectivity index (χ1) is 10.2. The maximum Gasteiger partial charge on any atom is 0.124 e. The number of hydrogen-bond acceptors (Lipinski definition) is 3. The number of ether oxygens (including phenoxy) is 2. The molecule has 1 unspecified atom stereocenters. The molecule has 3 nitrogen and oxygen atoms in total. The van der Waals surface area contributed by atoms with Gasteiger partial charge in [0.1, 0.15) is 5.75 Å². The molecule has 0 saturated heterocycles. The van der Waals surface area contributed by atoms with E-state index in [1.807, 2.05) is 18.2 Å². The average molecular weight is 294 g/mol. The fourth-order valence-corrected chi connectivity index (χ4v) is 2.34. The van der Waals surface area contributed by atoms with Gasteiger partial charge in [-0.05, 0) is 31.0 Å². The number of benzene rings is 1. The van der Waals surface area contributed by atoms with Crippen LogP contribution in [0, 0.1) is 0 Å². The van der Waals surface area contributed by atoms with E-state index in [1.165, 1.54) is 32.1 Å². The Bertz CT molecular complexity index is 388. The van der Waals surface area contributed by atoms with Crippen molar-refractivity contribution >= 4 is 0 Å². The first kappa shape index (κ1) is 18.0. The van der Waals surface area contributed by atoms with Crippen LogP contribution in [0.25, 0.3) is 0 Å². The molecule has 0 radical (unpaired) electrons. The minimum atomic E-state index is -0.465. The van der Waals surface area contributed by atoms with Gasteiger partial charge in [0, 0.05) is 12.2 Å². The zero-order valence-electron chi connectivity index (χ0n) is 13.7. The van der Waals surface area contributed by atoms with Gasteiger partial charge in [0.2, 0.25) is 0 Å². The fraction of sp³-hybridized carbons (Fsp3) is 0.667. The summed E-state index contributed by atoms with van der Waals surface area (Å²) in [6, 6.07) is 5.75. The molecule has 1 aromatic rings. The van der Waals surface area contributed by atoms with E-state index >= 15 is 0 Å². The number of methoxy groups -OCH3 is 1. The summed E-state index contributed by atoms with van der Waals surface area (Å²) in [6.07, 6.45) is 7.15. The van der Waals surface area contributed by atoms with Crippen molar-refractivity contribution in [2.24, 2.45) is 0 Å². The lowest BCUT2D eigenvalue weighted by molar-refractivity contribution is 0.114. The van der Waals surface area contributed by atoms with Gasteiger partial charge in [-0.15, -0.1) is 0 Å². The summed E-state index contributed by atoms with van der Waals surface area (Å²) < 4.78 is 11.1. The van der Waals surface area contributed by atoms with Gasteiger partial charge >= 0.3 is 0 Å². The molecule has 1 aromatic carbocycles. The van der Waals surface area contributed by atoms with Crippen molar-refractivity contribution in [1.82, 2.24) is 0 Å². The molecule has 0 aliphatic carbocycles. The highest BCUT2D eigenvalue weighted by atomic mass is 16.5. The first-order valence-electron chi connectivity index (χ1n) is 8.11. The summed E-state index contributed by atoms with van der Waals surface area (Å²) in [4.78, 5) is 0. The number of aliphatic hydroxyl groups is 1. The summed E-state index contributed by atoms with van der Waals surface area (Å²) >= 11 is 0. The predicted octanol–water partition coefficient (Wildman–Crippen LogP) is 4.63. The Labute approximate surface area is 129 Å². The van der Waals surface area contributed by atoms with E-state index in [0.29, 0.717) is 6.61 Å². The highest BCUT2D eigenvalue weighted by Gasteiger charge is 2.07. The standard InChI is InChI=1S/C18H30O3/c1-4-5-6-7-8-9-12-21-14-17-13-16(15(2)19)10-11-18(17)20-3/h10-11,13,15,19H,4-9,12,14H2,1-3H3. The van der Waals surface area contributed by atoms with Crippen LogP contribution in [-0.4, -0.2) is 18.8 Å². The normalized spacial score (nSPS) is 12.4. The minimum absolute atomic E-state index is 0.465. The van der Waals surface area contributed by atoms with Crippen LogP contribution in [0.5, 0.6) is 5.75 Å². The highest BCUT2D eigenvalue weighted by Crippen LogP contribution is 2.24. The molecule has 0 saturated carbocycles. The van der Waals surface area contributed by atoms with Crippen LogP contribution in [0.4, 0.5) is 0 Å². The Morgan fingerprint density at radius 1 is 1.10 bits per heavy atom. The summed E-state index contributed by atoms with van der Waals surface area (Å²) in [5.41, 5.74) is 1.90. The van der Waals surface area contributed by atoms with E-state index in [-0.39, 0.29) is 0 Å². The molecule has 0 aliphatic heterocycles. The van der Waals surface area contributed by atoms with Crippen molar-refractivity contribution in [2.45, 2.75) is 65.1 Å². The zero-order chi connectivity index (χ0) is 15.5. The van der Waals surface area contributed by atoms with Crippen LogP contribution >= 0.6 is 0 Å². The molecule has 0 amide bonds. The molecular weight excluding hydrogens is 264 g/mol. The second-order valence-electron chi connectivity index (χ2n) is 5.57. The lowest BCUT2D eigenvalue weighted by Crippen LogP contribution is -2.01. The lowest BCUT2D eigenvalue weighted by atomic mass is 10.1. The third kappa shape index (κ3) is 6.96. The van der Waals surface area contributed by atoms with Gasteiger partial charge in [-0.3, -0.25) is 0 Å². The number of rotatable bonds is 11. The maximum absolute atomic E-state index is 9.64. The van der Waals surface area contributed by atoms with E-state index in [1.54, 1.807) is 14.0 Å². The average Bonchev–Trinajstić information content (AvgIpc) is 2.49. The number of hydrogen-bond donors (Lipinski definition) is 1. The van der Waals surface area contributed by atoms with E-state index in [0.717, 1.165) is 29.9 Å². The molecule has 1 N–H and O–H groups in total. The lowest BCUT2D eigenvalue weighted by Gasteiger charge is -2.12. The maximum atomic E-state index is 9.64. The van der Waals surface area contributed by atoms with E-state index < -0.39 is 6.10 Å². The molecule has 0 aromatic heterocycles. The highest BCUT2D eigenvalue weighted by molar-refractivity contribution is 5.37. The van der Waals surface area contributed by atoms with Crippen molar-refractivity contribution in [1.29, 1.82) is 0 Å². The topological polar surface area (TPSA) is 38.7 Å². The van der Waals surface area contributed by atoms with E-state index in [4.69, 9.17) is 9.47 Å². The SMILES string of the molecule is CCCCCCCCOCc1cc(C(C)O)ccc1OC. The summed E-state index contributed by atoms with van der Waals surface area (Å²) in [5.74, 6) is 0.822. The van der Waals surface area contributed by atoms with Gasteiger partial charge < -0.3 is 14.6 Å². The molecule has 0 bridgehead atoms. The van der Waals surface area contributed by atoms with Crippen LogP contribution in [0.3, 0.4) is 0 Å². The summed E-state index contributed by atoms with van der Waals surface area (Å²) in [5, 5.41) is 9.64. The molecular formula is C18H30O3.